The summed E-state index contributed by atoms with van der Waals surface area (Å²) in [4.78, 5) is 21.8. The minimum absolute atomic E-state index is 0.0686. The number of carbonyl (C=O) groups excluding carboxylic acids is 1. The number of hydrogen-bond acceptors (Lipinski definition) is 3. The molecule has 0 aliphatic heterocycles. The number of aliphatic hydroxyl groups is 1. The zero-order chi connectivity index (χ0) is 13.0. The fourth-order valence-corrected chi connectivity index (χ4v) is 1.64. The third-order valence-electron chi connectivity index (χ3n) is 2.14. The summed E-state index contributed by atoms with van der Waals surface area (Å²) in [7, 11) is 0. The van der Waals surface area contributed by atoms with E-state index in [0.29, 0.717) is 5.56 Å². The number of rotatable bonds is 5. The Balaban J connectivity index is 3.02. The van der Waals surface area contributed by atoms with Crippen molar-refractivity contribution in [2.75, 3.05) is 5.88 Å². The molecule has 0 aliphatic rings. The minimum atomic E-state index is -1.70. The van der Waals surface area contributed by atoms with Gasteiger partial charge >= 0.3 is 5.97 Å². The SMILES string of the molecule is O=C(CCl)Cc1ccc(Cl)c(C(O)C(=O)O)c1. The van der Waals surface area contributed by atoms with Crippen molar-refractivity contribution in [3.8, 4) is 0 Å². The molecule has 1 atom stereocenters. The van der Waals surface area contributed by atoms with E-state index in [-0.39, 0.29) is 28.7 Å². The van der Waals surface area contributed by atoms with E-state index in [0.717, 1.165) is 0 Å². The van der Waals surface area contributed by atoms with E-state index in [1.807, 2.05) is 0 Å². The number of Topliss-reactive ketones (excluding diaryl/α,β-unsaturated/α-hetero) is 1. The maximum Gasteiger partial charge on any atom is 0.337 e. The van der Waals surface area contributed by atoms with Crippen LogP contribution in [0.4, 0.5) is 0 Å². The van der Waals surface area contributed by atoms with Crippen LogP contribution < -0.4 is 0 Å². The fourth-order valence-electron chi connectivity index (χ4n) is 1.32. The lowest BCUT2D eigenvalue weighted by Crippen LogP contribution is -2.12. The summed E-state index contributed by atoms with van der Waals surface area (Å²) in [5.41, 5.74) is 0.634. The topological polar surface area (TPSA) is 74.6 Å². The van der Waals surface area contributed by atoms with Gasteiger partial charge in [0.25, 0.3) is 0 Å². The third kappa shape index (κ3) is 3.70. The molecule has 0 fully saturated rings. The van der Waals surface area contributed by atoms with Gasteiger partial charge in [-0.1, -0.05) is 23.7 Å². The highest BCUT2D eigenvalue weighted by molar-refractivity contribution is 6.31. The van der Waals surface area contributed by atoms with Crippen molar-refractivity contribution in [1.29, 1.82) is 0 Å². The molecule has 0 radical (unpaired) electrons. The van der Waals surface area contributed by atoms with Crippen molar-refractivity contribution < 1.29 is 19.8 Å². The van der Waals surface area contributed by atoms with E-state index in [1.165, 1.54) is 12.1 Å². The van der Waals surface area contributed by atoms with Crippen LogP contribution in [0.3, 0.4) is 0 Å². The lowest BCUT2D eigenvalue weighted by Gasteiger charge is -2.10. The first-order chi connectivity index (χ1) is 7.95. The number of halogens is 2. The normalized spacial score (nSPS) is 12.2. The van der Waals surface area contributed by atoms with Crippen molar-refractivity contribution in [1.82, 2.24) is 0 Å². The molecule has 92 valence electrons. The molecule has 4 nitrogen and oxygen atoms in total. The number of aliphatic carboxylic acids is 1. The zero-order valence-corrected chi connectivity index (χ0v) is 10.2. The second-order valence-corrected chi connectivity index (χ2v) is 4.12. The summed E-state index contributed by atoms with van der Waals surface area (Å²) in [5.74, 6) is -1.70. The molecule has 1 rings (SSSR count). The van der Waals surface area contributed by atoms with Crippen molar-refractivity contribution >= 4 is 35.0 Å². The summed E-state index contributed by atoms with van der Waals surface area (Å²) in [6.45, 7) is 0. The van der Waals surface area contributed by atoms with Gasteiger partial charge in [-0.15, -0.1) is 11.6 Å². The van der Waals surface area contributed by atoms with Crippen LogP contribution in [-0.2, 0) is 16.0 Å². The summed E-state index contributed by atoms with van der Waals surface area (Å²) in [5, 5.41) is 18.2. The van der Waals surface area contributed by atoms with Gasteiger partial charge in [-0.3, -0.25) is 4.79 Å². The highest BCUT2D eigenvalue weighted by Gasteiger charge is 2.19. The predicted molar refractivity (Wildman–Crippen MR) is 63.5 cm³/mol. The molecular formula is C11H10Cl2O4. The molecule has 2 N–H and O–H groups in total. The average Bonchev–Trinajstić information content (AvgIpc) is 2.30. The fraction of sp³-hybridized carbons (Fsp3) is 0.273. The van der Waals surface area contributed by atoms with E-state index in [2.05, 4.69) is 0 Å². The lowest BCUT2D eigenvalue weighted by molar-refractivity contribution is -0.146. The quantitative estimate of drug-likeness (QED) is 0.805. The summed E-state index contributed by atoms with van der Waals surface area (Å²) >= 11 is 11.1. The number of aliphatic hydroxyl groups excluding tert-OH is 1. The van der Waals surface area contributed by atoms with Crippen molar-refractivity contribution in [3.05, 3.63) is 34.3 Å². The van der Waals surface area contributed by atoms with E-state index < -0.39 is 12.1 Å². The second kappa shape index (κ2) is 6.00. The van der Waals surface area contributed by atoms with Crippen LogP contribution in [0.5, 0.6) is 0 Å². The first-order valence-corrected chi connectivity index (χ1v) is 5.63. The number of ketones is 1. The standard InChI is InChI=1S/C11H10Cl2O4/c12-5-7(14)3-6-1-2-9(13)8(4-6)10(15)11(16)17/h1-2,4,10,15H,3,5H2,(H,16,17). The molecule has 0 saturated heterocycles. The molecule has 0 amide bonds. The molecule has 0 aliphatic carbocycles. The molecule has 0 saturated carbocycles. The van der Waals surface area contributed by atoms with Gasteiger partial charge < -0.3 is 10.2 Å². The Bertz CT molecular complexity index is 445. The van der Waals surface area contributed by atoms with Gasteiger partial charge in [0.1, 0.15) is 0 Å². The Labute approximate surface area is 108 Å². The van der Waals surface area contributed by atoms with Gasteiger partial charge in [-0.25, -0.2) is 4.79 Å². The van der Waals surface area contributed by atoms with Crippen molar-refractivity contribution in [3.63, 3.8) is 0 Å². The number of carbonyl (C=O) groups is 2. The average molecular weight is 277 g/mol. The van der Waals surface area contributed by atoms with Crippen molar-refractivity contribution in [2.24, 2.45) is 0 Å². The minimum Gasteiger partial charge on any atom is -0.479 e. The van der Waals surface area contributed by atoms with E-state index in [4.69, 9.17) is 28.3 Å². The molecule has 0 aromatic heterocycles. The Morgan fingerprint density at radius 2 is 2.00 bits per heavy atom. The number of hydrogen-bond donors (Lipinski definition) is 2. The molecule has 1 unspecified atom stereocenters. The summed E-state index contributed by atoms with van der Waals surface area (Å²) < 4.78 is 0. The van der Waals surface area contributed by atoms with Crippen LogP contribution in [-0.4, -0.2) is 27.8 Å². The molecular weight excluding hydrogens is 267 g/mol. The van der Waals surface area contributed by atoms with Gasteiger partial charge in [0, 0.05) is 17.0 Å². The largest absolute Gasteiger partial charge is 0.479 e. The lowest BCUT2D eigenvalue weighted by atomic mass is 10.0. The molecule has 1 aromatic carbocycles. The summed E-state index contributed by atoms with van der Waals surface area (Å²) in [6.07, 6.45) is -1.62. The smallest absolute Gasteiger partial charge is 0.337 e. The van der Waals surface area contributed by atoms with Gasteiger partial charge in [-0.2, -0.15) is 0 Å². The Morgan fingerprint density at radius 1 is 1.35 bits per heavy atom. The zero-order valence-electron chi connectivity index (χ0n) is 8.69. The number of alkyl halides is 1. The monoisotopic (exact) mass is 276 g/mol. The van der Waals surface area contributed by atoms with Gasteiger partial charge in [-0.05, 0) is 11.6 Å². The van der Waals surface area contributed by atoms with E-state index in [1.54, 1.807) is 6.07 Å². The van der Waals surface area contributed by atoms with Crippen LogP contribution in [0.25, 0.3) is 0 Å². The molecule has 1 aromatic rings. The maximum absolute atomic E-state index is 11.1. The van der Waals surface area contributed by atoms with Crippen LogP contribution in [0, 0.1) is 0 Å². The number of carboxylic acids is 1. The Morgan fingerprint density at radius 3 is 2.53 bits per heavy atom. The van der Waals surface area contributed by atoms with Crippen molar-refractivity contribution in [2.45, 2.75) is 12.5 Å². The van der Waals surface area contributed by atoms with Gasteiger partial charge in [0.15, 0.2) is 11.9 Å². The van der Waals surface area contributed by atoms with Crippen LogP contribution in [0.1, 0.15) is 17.2 Å². The maximum atomic E-state index is 11.1. The molecule has 0 heterocycles. The first-order valence-electron chi connectivity index (χ1n) is 4.72. The molecule has 0 spiro atoms. The van der Waals surface area contributed by atoms with E-state index >= 15 is 0 Å². The van der Waals surface area contributed by atoms with Crippen LogP contribution >= 0.6 is 23.2 Å². The predicted octanol–water partition coefficient (Wildman–Crippen LogP) is 1.81. The van der Waals surface area contributed by atoms with Gasteiger partial charge in [0.05, 0.1) is 5.88 Å². The molecule has 6 heteroatoms. The van der Waals surface area contributed by atoms with Gasteiger partial charge in [0.2, 0.25) is 0 Å². The number of benzene rings is 1. The highest BCUT2D eigenvalue weighted by atomic mass is 35.5. The highest BCUT2D eigenvalue weighted by Crippen LogP contribution is 2.24. The van der Waals surface area contributed by atoms with Crippen LogP contribution in [0.15, 0.2) is 18.2 Å². The number of carboxylic acid groups (broad SMARTS) is 1. The Kier molecular flexibility index (Phi) is 4.93. The summed E-state index contributed by atoms with van der Waals surface area (Å²) in [6, 6.07) is 4.43. The second-order valence-electron chi connectivity index (χ2n) is 3.45. The van der Waals surface area contributed by atoms with Crippen LogP contribution in [0.2, 0.25) is 5.02 Å². The molecule has 17 heavy (non-hydrogen) atoms. The Hall–Kier alpha value is -1.10. The first kappa shape index (κ1) is 14.0. The van der Waals surface area contributed by atoms with E-state index in [9.17, 15) is 14.7 Å². The molecule has 0 bridgehead atoms. The third-order valence-corrected chi connectivity index (χ3v) is 2.78.